The fourth-order valence-corrected chi connectivity index (χ4v) is 4.52. The van der Waals surface area contributed by atoms with E-state index in [-0.39, 0.29) is 17.2 Å². The average molecular weight is 458 g/mol. The van der Waals surface area contributed by atoms with Gasteiger partial charge in [-0.25, -0.2) is 4.79 Å². The van der Waals surface area contributed by atoms with Crippen LogP contribution in [0.15, 0.2) is 29.8 Å². The number of amides is 2. The molecule has 168 valence electrons. The van der Waals surface area contributed by atoms with Crippen molar-refractivity contribution in [2.24, 2.45) is 12.5 Å². The van der Waals surface area contributed by atoms with Crippen molar-refractivity contribution >= 4 is 34.9 Å². The molecule has 0 bridgehead atoms. The van der Waals surface area contributed by atoms with E-state index in [0.29, 0.717) is 13.1 Å². The van der Waals surface area contributed by atoms with E-state index in [9.17, 15) is 22.8 Å². The van der Waals surface area contributed by atoms with Gasteiger partial charge in [-0.1, -0.05) is 6.07 Å². The Hall–Kier alpha value is -2.89. The predicted molar refractivity (Wildman–Crippen MR) is 106 cm³/mol. The Morgan fingerprint density at radius 2 is 1.77 bits per heavy atom. The maximum absolute atomic E-state index is 13.0. The number of carbonyl (C=O) groups excluding carboxylic acids is 2. The fourth-order valence-electron chi connectivity index (χ4n) is 3.83. The van der Waals surface area contributed by atoms with Crippen molar-refractivity contribution in [1.29, 1.82) is 0 Å². The lowest BCUT2D eigenvalue weighted by Crippen LogP contribution is -2.46. The molecule has 2 aromatic rings. The number of hydrogen-bond acceptors (Lipinski definition) is 5. The third-order valence-electron chi connectivity index (χ3n) is 5.57. The second-order valence-electron chi connectivity index (χ2n) is 7.37. The Kier molecular flexibility index (Phi) is 6.39. The third kappa shape index (κ3) is 4.73. The quantitative estimate of drug-likeness (QED) is 0.747. The molecule has 12 heteroatoms. The first-order valence-corrected chi connectivity index (χ1v) is 10.4. The van der Waals surface area contributed by atoms with Crippen LogP contribution in [0, 0.1) is 5.41 Å². The van der Waals surface area contributed by atoms with Crippen LogP contribution >= 0.6 is 11.3 Å². The summed E-state index contributed by atoms with van der Waals surface area (Å²) in [5, 5.41) is 13.2. The minimum absolute atomic E-state index is 0.0915. The van der Waals surface area contributed by atoms with E-state index in [1.165, 1.54) is 11.3 Å². The van der Waals surface area contributed by atoms with E-state index in [2.05, 4.69) is 5.10 Å². The molecule has 0 saturated carbocycles. The smallest absolute Gasteiger partial charge is 0.475 e. The maximum Gasteiger partial charge on any atom is 0.490 e. The zero-order valence-electron chi connectivity index (χ0n) is 16.6. The summed E-state index contributed by atoms with van der Waals surface area (Å²) < 4.78 is 33.5. The van der Waals surface area contributed by atoms with Crippen LogP contribution in [0.2, 0.25) is 0 Å². The predicted octanol–water partition coefficient (Wildman–Crippen LogP) is 2.77. The number of aliphatic carboxylic acids is 1. The number of anilines is 1. The third-order valence-corrected chi connectivity index (χ3v) is 6.42. The molecule has 2 aliphatic rings. The highest BCUT2D eigenvalue weighted by molar-refractivity contribution is 7.12. The van der Waals surface area contributed by atoms with Crippen LogP contribution in [0.5, 0.6) is 0 Å². The molecule has 0 radical (unpaired) electrons. The summed E-state index contributed by atoms with van der Waals surface area (Å²) in [6.45, 7) is 2.04. The van der Waals surface area contributed by atoms with Crippen molar-refractivity contribution in [3.8, 4) is 0 Å². The topological polar surface area (TPSA) is 95.7 Å². The number of aryl methyl sites for hydroxylation is 1. The van der Waals surface area contributed by atoms with Crippen molar-refractivity contribution in [2.45, 2.75) is 25.4 Å². The Balaban J connectivity index is 0.000000339. The number of rotatable bonds is 2. The highest BCUT2D eigenvalue weighted by Crippen LogP contribution is 2.43. The molecule has 1 spiro atoms. The molecule has 31 heavy (non-hydrogen) atoms. The average Bonchev–Trinajstić information content (AvgIpc) is 3.45. The van der Waals surface area contributed by atoms with Gasteiger partial charge in [-0.05, 0) is 30.7 Å². The molecule has 2 saturated heterocycles. The number of alkyl halides is 3. The minimum atomic E-state index is -5.08. The van der Waals surface area contributed by atoms with Gasteiger partial charge in [-0.3, -0.25) is 19.2 Å². The standard InChI is InChI=1S/C17H20N4O2S.C2HF3O2/c1-19-14(4-8-18-19)21-11-7-17(16(21)23)5-9-20(10-6-17)15(22)13-3-2-12-24-13;3-2(4,5)1(6)7/h2-4,8,12H,5-7,9-11H2,1H3;(H,6,7). The Morgan fingerprint density at radius 1 is 1.16 bits per heavy atom. The second kappa shape index (κ2) is 8.69. The minimum Gasteiger partial charge on any atom is -0.475 e. The van der Waals surface area contributed by atoms with Crippen molar-refractivity contribution in [3.63, 3.8) is 0 Å². The number of carboxylic acid groups (broad SMARTS) is 1. The number of carboxylic acids is 1. The molecular formula is C19H21F3N4O4S. The molecule has 4 heterocycles. The summed E-state index contributed by atoms with van der Waals surface area (Å²) in [5.74, 6) is -1.62. The van der Waals surface area contributed by atoms with Crippen molar-refractivity contribution < 1.29 is 32.7 Å². The first kappa shape index (κ1) is 22.8. The van der Waals surface area contributed by atoms with Gasteiger partial charge >= 0.3 is 12.1 Å². The van der Waals surface area contributed by atoms with Gasteiger partial charge < -0.3 is 10.0 Å². The Labute approximate surface area is 179 Å². The molecule has 8 nitrogen and oxygen atoms in total. The van der Waals surface area contributed by atoms with Crippen LogP contribution in [0.1, 0.15) is 28.9 Å². The van der Waals surface area contributed by atoms with E-state index in [0.717, 1.165) is 36.5 Å². The first-order valence-electron chi connectivity index (χ1n) is 9.48. The molecule has 0 atom stereocenters. The number of nitrogens with zero attached hydrogens (tertiary/aromatic N) is 4. The van der Waals surface area contributed by atoms with Crippen LogP contribution in [0.3, 0.4) is 0 Å². The van der Waals surface area contributed by atoms with Crippen molar-refractivity contribution in [2.75, 3.05) is 24.5 Å². The second-order valence-corrected chi connectivity index (χ2v) is 8.32. The van der Waals surface area contributed by atoms with Crippen LogP contribution in [-0.4, -0.2) is 63.4 Å². The largest absolute Gasteiger partial charge is 0.490 e. The number of halogens is 3. The molecule has 2 aromatic heterocycles. The summed E-state index contributed by atoms with van der Waals surface area (Å²) in [6.07, 6.45) is -1.01. The van der Waals surface area contributed by atoms with Crippen LogP contribution < -0.4 is 4.90 Å². The Morgan fingerprint density at radius 3 is 2.26 bits per heavy atom. The maximum atomic E-state index is 13.0. The van der Waals surface area contributed by atoms with Gasteiger partial charge in [-0.15, -0.1) is 11.3 Å². The summed E-state index contributed by atoms with van der Waals surface area (Å²) >= 11 is 1.47. The summed E-state index contributed by atoms with van der Waals surface area (Å²) in [6, 6.07) is 5.64. The lowest BCUT2D eigenvalue weighted by atomic mass is 9.77. The van der Waals surface area contributed by atoms with Gasteiger partial charge in [0, 0.05) is 32.7 Å². The highest BCUT2D eigenvalue weighted by atomic mass is 32.1. The molecule has 0 unspecified atom stereocenters. The molecule has 1 N–H and O–H groups in total. The monoisotopic (exact) mass is 458 g/mol. The van der Waals surface area contributed by atoms with Crippen molar-refractivity contribution in [1.82, 2.24) is 14.7 Å². The number of likely N-dealkylation sites (tertiary alicyclic amines) is 1. The molecule has 2 amide bonds. The van der Waals surface area contributed by atoms with Gasteiger partial charge in [0.05, 0.1) is 16.5 Å². The number of piperidine rings is 1. The number of carbonyl (C=O) groups is 3. The molecule has 2 fully saturated rings. The van der Waals surface area contributed by atoms with Crippen molar-refractivity contribution in [3.05, 3.63) is 34.7 Å². The zero-order valence-corrected chi connectivity index (χ0v) is 17.4. The van der Waals surface area contributed by atoms with Gasteiger partial charge in [0.25, 0.3) is 5.91 Å². The van der Waals surface area contributed by atoms with Gasteiger partial charge in [0.1, 0.15) is 5.82 Å². The number of aromatic nitrogens is 2. The van der Waals surface area contributed by atoms with E-state index in [1.807, 2.05) is 40.4 Å². The molecule has 2 aliphatic heterocycles. The normalized spacial score (nSPS) is 18.1. The number of hydrogen-bond donors (Lipinski definition) is 1. The molecule has 0 aliphatic carbocycles. The van der Waals surface area contributed by atoms with E-state index < -0.39 is 12.1 Å². The lowest BCUT2D eigenvalue weighted by molar-refractivity contribution is -0.192. The van der Waals surface area contributed by atoms with Gasteiger partial charge in [0.2, 0.25) is 5.91 Å². The van der Waals surface area contributed by atoms with Gasteiger partial charge in [0.15, 0.2) is 0 Å². The summed E-state index contributed by atoms with van der Waals surface area (Å²) in [4.78, 5) is 38.9. The lowest BCUT2D eigenvalue weighted by Gasteiger charge is -2.37. The zero-order chi connectivity index (χ0) is 22.8. The molecule has 0 aromatic carbocycles. The van der Waals surface area contributed by atoms with E-state index in [1.54, 1.807) is 10.9 Å². The summed E-state index contributed by atoms with van der Waals surface area (Å²) in [7, 11) is 1.86. The van der Waals surface area contributed by atoms with Crippen LogP contribution in [0.4, 0.5) is 19.0 Å². The first-order chi connectivity index (χ1) is 14.5. The molecule has 4 rings (SSSR count). The number of thiophene rings is 1. The Bertz CT molecular complexity index is 950. The molecular weight excluding hydrogens is 437 g/mol. The van der Waals surface area contributed by atoms with Crippen LogP contribution in [0.25, 0.3) is 0 Å². The van der Waals surface area contributed by atoms with Crippen LogP contribution in [-0.2, 0) is 16.6 Å². The fraction of sp³-hybridized carbons (Fsp3) is 0.474. The SMILES string of the molecule is Cn1nccc1N1CCC2(CCN(C(=O)c3cccs3)CC2)C1=O.O=C(O)C(F)(F)F. The summed E-state index contributed by atoms with van der Waals surface area (Å²) in [5.41, 5.74) is -0.309. The van der Waals surface area contributed by atoms with Gasteiger partial charge in [-0.2, -0.15) is 18.3 Å². The van der Waals surface area contributed by atoms with E-state index in [4.69, 9.17) is 9.90 Å². The highest BCUT2D eigenvalue weighted by Gasteiger charge is 2.49. The van der Waals surface area contributed by atoms with E-state index >= 15 is 0 Å².